The maximum Gasteiger partial charge on any atom is 0.306 e. The summed E-state index contributed by atoms with van der Waals surface area (Å²) in [5.74, 6) is -0.866. The number of aromatic nitrogens is 4. The molecule has 0 aromatic carbocycles. The molecule has 2 aromatic rings. The van der Waals surface area contributed by atoms with Gasteiger partial charge in [0.05, 0.1) is 34.1 Å². The number of quaternary nitrogens is 1. The number of phosphoric acid groups is 1. The second kappa shape index (κ2) is 34.2. The third-order valence-corrected chi connectivity index (χ3v) is 13.1. The molecule has 16 heteroatoms. The highest BCUT2D eigenvalue weighted by molar-refractivity contribution is 7.45. The predicted octanol–water partition coefficient (Wildman–Crippen LogP) is 11.4. The number of carbonyl (C=O) groups excluding carboxylic acids is 2. The quantitative estimate of drug-likeness (QED) is 0.0218. The number of nitrogens with two attached hydrogens (primary N) is 1. The number of hydrogen-bond donors (Lipinski definition) is 1. The molecule has 1 unspecified atom stereocenters. The Bertz CT molecular complexity index is 1750. The summed E-state index contributed by atoms with van der Waals surface area (Å²) in [5.41, 5.74) is 6.72. The second-order valence-electron chi connectivity index (χ2n) is 19.3. The number of esters is 2. The van der Waals surface area contributed by atoms with Gasteiger partial charge < -0.3 is 38.4 Å². The Morgan fingerprint density at radius 3 is 1.64 bits per heavy atom. The molecule has 1 aliphatic heterocycles. The maximum absolute atomic E-state index is 13.6. The number of allylic oxidation sites excluding steroid dienone is 4. The van der Waals surface area contributed by atoms with Crippen molar-refractivity contribution >= 4 is 36.7 Å². The van der Waals surface area contributed by atoms with Crippen LogP contribution in [0.4, 0.5) is 5.82 Å². The van der Waals surface area contributed by atoms with Crippen LogP contribution < -0.4 is 10.6 Å². The first-order valence-corrected chi connectivity index (χ1v) is 27.5. The monoisotopic (exact) mass is 961 g/mol. The molecule has 0 radical (unpaired) electrons. The molecule has 5 atom stereocenters. The first kappa shape index (κ1) is 58.1. The smallest absolute Gasteiger partial charge is 0.306 e. The van der Waals surface area contributed by atoms with Gasteiger partial charge in [-0.1, -0.05) is 141 Å². The van der Waals surface area contributed by atoms with E-state index in [0.717, 1.165) is 77.0 Å². The molecule has 0 amide bonds. The average Bonchev–Trinajstić information content (AvgIpc) is 3.86. The number of carbonyl (C=O) groups is 2. The number of likely N-dealkylation sites (N-methyl/N-ethyl adjacent to an activating group) is 1. The first-order valence-electron chi connectivity index (χ1n) is 26.0. The van der Waals surface area contributed by atoms with Crippen LogP contribution in [0.5, 0.6) is 0 Å². The Labute approximate surface area is 403 Å². The summed E-state index contributed by atoms with van der Waals surface area (Å²) < 4.78 is 44.1. The fourth-order valence-corrected chi connectivity index (χ4v) is 8.83. The van der Waals surface area contributed by atoms with Crippen molar-refractivity contribution in [3.8, 4) is 0 Å². The summed E-state index contributed by atoms with van der Waals surface area (Å²) in [6, 6.07) is 0. The number of nitrogens with zero attached hydrogens (tertiary/aromatic N) is 5. The van der Waals surface area contributed by atoms with Crippen molar-refractivity contribution in [2.75, 3.05) is 46.6 Å². The lowest BCUT2D eigenvalue weighted by Crippen LogP contribution is -2.41. The summed E-state index contributed by atoms with van der Waals surface area (Å²) in [5, 5.41) is 0. The van der Waals surface area contributed by atoms with E-state index in [2.05, 4.69) is 53.1 Å². The van der Waals surface area contributed by atoms with Gasteiger partial charge in [-0.15, -0.1) is 0 Å². The molecule has 0 aliphatic carbocycles. The van der Waals surface area contributed by atoms with Gasteiger partial charge in [0.2, 0.25) is 0 Å². The highest BCUT2D eigenvalue weighted by Gasteiger charge is 2.51. The van der Waals surface area contributed by atoms with Crippen molar-refractivity contribution in [3.05, 3.63) is 37.0 Å². The number of rotatable bonds is 40. The lowest BCUT2D eigenvalue weighted by atomic mass is 10.1. The van der Waals surface area contributed by atoms with Crippen LogP contribution in [0.3, 0.4) is 0 Å². The number of imidazole rings is 1. The fraction of sp³-hybridized carbons (Fsp3) is 0.784. The van der Waals surface area contributed by atoms with Gasteiger partial charge in [0.1, 0.15) is 31.1 Å². The highest BCUT2D eigenvalue weighted by Crippen LogP contribution is 2.42. The maximum atomic E-state index is 13.6. The van der Waals surface area contributed by atoms with Crippen LogP contribution in [-0.4, -0.2) is 95.2 Å². The normalized spacial score (nSPS) is 18.7. The molecule has 15 nitrogen and oxygen atoms in total. The molecule has 382 valence electrons. The van der Waals surface area contributed by atoms with Crippen LogP contribution in [0.2, 0.25) is 0 Å². The molecule has 3 rings (SSSR count). The van der Waals surface area contributed by atoms with Crippen molar-refractivity contribution in [2.45, 2.75) is 218 Å². The minimum absolute atomic E-state index is 0.0917. The van der Waals surface area contributed by atoms with Crippen LogP contribution in [-0.2, 0) is 37.4 Å². The number of phosphoric ester groups is 1. The molecule has 1 fully saturated rings. The Hall–Kier alpha value is -3.20. The van der Waals surface area contributed by atoms with Crippen LogP contribution in [0.1, 0.15) is 200 Å². The van der Waals surface area contributed by atoms with E-state index in [9.17, 15) is 19.0 Å². The Morgan fingerprint density at radius 2 is 1.15 bits per heavy atom. The molecule has 0 spiro atoms. The van der Waals surface area contributed by atoms with E-state index in [4.69, 9.17) is 29.0 Å². The Kier molecular flexibility index (Phi) is 29.6. The largest absolute Gasteiger partial charge is 0.756 e. The Balaban J connectivity index is 1.60. The fourth-order valence-electron chi connectivity index (χ4n) is 8.12. The molecule has 1 aliphatic rings. The molecular formula is C51H89N6O9P. The van der Waals surface area contributed by atoms with Gasteiger partial charge >= 0.3 is 11.9 Å². The van der Waals surface area contributed by atoms with Gasteiger partial charge in [0, 0.05) is 12.8 Å². The van der Waals surface area contributed by atoms with Crippen LogP contribution in [0.25, 0.3) is 11.2 Å². The van der Waals surface area contributed by atoms with Gasteiger partial charge in [-0.05, 0) is 64.2 Å². The van der Waals surface area contributed by atoms with E-state index >= 15 is 0 Å². The molecule has 2 aromatic heterocycles. The summed E-state index contributed by atoms with van der Waals surface area (Å²) in [7, 11) is 0.946. The van der Waals surface area contributed by atoms with Crippen molar-refractivity contribution < 1.29 is 46.8 Å². The Morgan fingerprint density at radius 1 is 0.687 bits per heavy atom. The zero-order valence-electron chi connectivity index (χ0n) is 42.1. The van der Waals surface area contributed by atoms with Crippen molar-refractivity contribution in [1.29, 1.82) is 0 Å². The summed E-state index contributed by atoms with van der Waals surface area (Å²) >= 11 is 0. The third-order valence-electron chi connectivity index (χ3n) is 12.2. The second-order valence-corrected chi connectivity index (χ2v) is 20.7. The third kappa shape index (κ3) is 25.3. The molecule has 0 bridgehead atoms. The average molecular weight is 961 g/mol. The van der Waals surface area contributed by atoms with E-state index in [-0.39, 0.29) is 25.3 Å². The van der Waals surface area contributed by atoms with E-state index < -0.39 is 50.9 Å². The zero-order chi connectivity index (χ0) is 48.6. The highest BCUT2D eigenvalue weighted by atomic mass is 31.2. The number of anilines is 1. The summed E-state index contributed by atoms with van der Waals surface area (Å²) in [6.07, 6.45) is 36.9. The SMILES string of the molecule is CCCCCCCC/C=C\CCCCCCCC(=O)O[C@@H]1[C@H](OC(=O)CCCCCCC/C=C\CCCCCCCC)[C@@H](COP(=O)([O-])OCC[N+](C)(C)C)O[C@H]1n1cnc2c(N)ncnc21. The molecule has 3 heterocycles. The minimum Gasteiger partial charge on any atom is -0.756 e. The van der Waals surface area contributed by atoms with Crippen LogP contribution >= 0.6 is 7.82 Å². The number of hydrogen-bond acceptors (Lipinski definition) is 13. The lowest BCUT2D eigenvalue weighted by molar-refractivity contribution is -0.870. The molecule has 2 N–H and O–H groups in total. The van der Waals surface area contributed by atoms with Crippen molar-refractivity contribution in [2.24, 2.45) is 0 Å². The van der Waals surface area contributed by atoms with E-state index in [1.54, 1.807) is 0 Å². The van der Waals surface area contributed by atoms with Gasteiger partial charge in [-0.3, -0.25) is 18.7 Å². The van der Waals surface area contributed by atoms with Gasteiger partial charge in [-0.25, -0.2) is 15.0 Å². The van der Waals surface area contributed by atoms with Crippen LogP contribution in [0.15, 0.2) is 37.0 Å². The van der Waals surface area contributed by atoms with Gasteiger partial charge in [0.15, 0.2) is 29.9 Å². The molecule has 0 saturated carbocycles. The summed E-state index contributed by atoms with van der Waals surface area (Å²) in [4.78, 5) is 52.9. The number of nitrogen functional groups attached to an aromatic ring is 1. The summed E-state index contributed by atoms with van der Waals surface area (Å²) in [6.45, 7) is 4.26. The first-order chi connectivity index (χ1) is 32.3. The molecular weight excluding hydrogens is 872 g/mol. The number of ether oxygens (including phenoxy) is 3. The van der Waals surface area contributed by atoms with Gasteiger partial charge in [0.25, 0.3) is 7.82 Å². The van der Waals surface area contributed by atoms with Crippen molar-refractivity contribution in [1.82, 2.24) is 19.5 Å². The van der Waals surface area contributed by atoms with Gasteiger partial charge in [-0.2, -0.15) is 0 Å². The standard InChI is InChI=1S/C51H89N6O9P/c1-6-8-10-12-14-16-18-20-22-24-26-28-30-32-34-36-44(58)65-47-43(40-63-67(60,61)62-39-38-57(3,4)5)64-51(56-42-55-46-49(52)53-41-54-50(46)56)48(47)66-45(59)37-35-33-31-29-27-25-23-21-19-17-15-13-11-9-7-2/h20-23,41-43,47-48,51H,6-19,24-40H2,1-5H3,(H2-,52,53,54,60,61)/b22-20-,23-21-/t43-,47-,48-,51-/m1/s1. The number of unbranched alkanes of at least 4 members (excludes halogenated alkanes) is 22. The predicted molar refractivity (Wildman–Crippen MR) is 265 cm³/mol. The lowest BCUT2D eigenvalue weighted by Gasteiger charge is -2.28. The molecule has 67 heavy (non-hydrogen) atoms. The van der Waals surface area contributed by atoms with E-state index in [1.165, 1.54) is 94.3 Å². The van der Waals surface area contributed by atoms with Crippen molar-refractivity contribution in [3.63, 3.8) is 0 Å². The minimum atomic E-state index is -4.80. The van der Waals surface area contributed by atoms with E-state index in [1.807, 2.05) is 21.1 Å². The number of fused-ring (bicyclic) bond motifs is 1. The van der Waals surface area contributed by atoms with Crippen LogP contribution in [0, 0.1) is 0 Å². The zero-order valence-corrected chi connectivity index (χ0v) is 43.0. The van der Waals surface area contributed by atoms with E-state index in [0.29, 0.717) is 35.0 Å². The topological polar surface area (TPSA) is 190 Å². The molecule has 1 saturated heterocycles.